The maximum atomic E-state index is 11.3. The Morgan fingerprint density at radius 1 is 1.47 bits per heavy atom. The molecule has 5 nitrogen and oxygen atoms in total. The Labute approximate surface area is 112 Å². The molecule has 0 bridgehead atoms. The van der Waals surface area contributed by atoms with E-state index in [0.29, 0.717) is 5.92 Å². The third kappa shape index (κ3) is 3.66. The first-order chi connectivity index (χ1) is 9.06. The highest BCUT2D eigenvalue weighted by Crippen LogP contribution is 2.30. The fraction of sp³-hybridized carbons (Fsp3) is 0.643. The number of aryl methyl sites for hydroxylation is 1. The number of nitrogens with zero attached hydrogens (tertiary/aromatic N) is 2. The summed E-state index contributed by atoms with van der Waals surface area (Å²) in [5.74, 6) is 1.50. The second kappa shape index (κ2) is 5.99. The van der Waals surface area contributed by atoms with Crippen LogP contribution in [-0.4, -0.2) is 9.49 Å². The predicted molar refractivity (Wildman–Crippen MR) is 73.1 cm³/mol. The maximum absolute atomic E-state index is 11.3. The van der Waals surface area contributed by atoms with Crippen LogP contribution in [0.4, 0.5) is 5.69 Å². The predicted octanol–water partition coefficient (Wildman–Crippen LogP) is 2.97. The minimum Gasteiger partial charge on any atom is -0.348 e. The molecule has 5 heteroatoms. The van der Waals surface area contributed by atoms with Crippen LogP contribution in [0, 0.1) is 22.0 Å². The molecule has 0 unspecified atom stereocenters. The van der Waals surface area contributed by atoms with Crippen LogP contribution in [-0.2, 0) is 6.54 Å². The molecule has 104 valence electrons. The molecule has 19 heavy (non-hydrogen) atoms. The first-order valence-electron chi connectivity index (χ1n) is 6.90. The number of hydrogen-bond donors (Lipinski definition) is 0. The van der Waals surface area contributed by atoms with Crippen molar-refractivity contribution in [1.29, 1.82) is 0 Å². The lowest BCUT2D eigenvalue weighted by molar-refractivity contribution is -0.386. The number of pyridine rings is 1. The van der Waals surface area contributed by atoms with Crippen LogP contribution in [0.2, 0.25) is 0 Å². The van der Waals surface area contributed by atoms with Gasteiger partial charge in [-0.15, -0.1) is 0 Å². The molecule has 2 rings (SSSR count). The number of rotatable bonds is 4. The summed E-state index contributed by atoms with van der Waals surface area (Å²) in [4.78, 5) is 21.4. The van der Waals surface area contributed by atoms with Gasteiger partial charge >= 0.3 is 5.69 Å². The smallest absolute Gasteiger partial charge is 0.332 e. The van der Waals surface area contributed by atoms with Gasteiger partial charge in [0.25, 0.3) is 5.43 Å². The summed E-state index contributed by atoms with van der Waals surface area (Å²) in [5.41, 5.74) is -0.855. The Morgan fingerprint density at radius 2 is 2.26 bits per heavy atom. The molecule has 0 aromatic carbocycles. The molecule has 1 saturated carbocycles. The van der Waals surface area contributed by atoms with E-state index in [1.807, 2.05) is 0 Å². The highest BCUT2D eigenvalue weighted by atomic mass is 16.6. The topological polar surface area (TPSA) is 65.1 Å². The summed E-state index contributed by atoms with van der Waals surface area (Å²) in [7, 11) is 0. The van der Waals surface area contributed by atoms with Crippen LogP contribution in [0.25, 0.3) is 0 Å². The van der Waals surface area contributed by atoms with Gasteiger partial charge in [-0.2, -0.15) is 0 Å². The molecule has 0 amide bonds. The van der Waals surface area contributed by atoms with Crippen molar-refractivity contribution in [2.75, 3.05) is 0 Å². The van der Waals surface area contributed by atoms with E-state index >= 15 is 0 Å². The summed E-state index contributed by atoms with van der Waals surface area (Å²) in [6, 6.07) is 1.28. The Kier molecular flexibility index (Phi) is 4.35. The normalized spacial score (nSPS) is 23.2. The average molecular weight is 264 g/mol. The van der Waals surface area contributed by atoms with Crippen molar-refractivity contribution in [3.05, 3.63) is 38.8 Å². The molecule has 1 aromatic heterocycles. The van der Waals surface area contributed by atoms with Gasteiger partial charge in [-0.3, -0.25) is 14.9 Å². The van der Waals surface area contributed by atoms with Crippen molar-refractivity contribution in [2.45, 2.75) is 45.6 Å². The first-order valence-corrected chi connectivity index (χ1v) is 6.90. The van der Waals surface area contributed by atoms with E-state index in [9.17, 15) is 14.9 Å². The lowest BCUT2D eigenvalue weighted by atomic mass is 9.81. The van der Waals surface area contributed by atoms with Crippen molar-refractivity contribution < 1.29 is 4.92 Å². The fourth-order valence-electron chi connectivity index (χ4n) is 2.94. The van der Waals surface area contributed by atoms with Crippen LogP contribution in [0.5, 0.6) is 0 Å². The summed E-state index contributed by atoms with van der Waals surface area (Å²) in [6.07, 6.45) is 9.14. The maximum Gasteiger partial charge on any atom is 0.332 e. The summed E-state index contributed by atoms with van der Waals surface area (Å²) in [6.45, 7) is 3.04. The van der Waals surface area contributed by atoms with Crippen LogP contribution < -0.4 is 5.43 Å². The number of nitro groups is 1. The zero-order valence-electron chi connectivity index (χ0n) is 11.2. The van der Waals surface area contributed by atoms with Gasteiger partial charge in [-0.05, 0) is 24.7 Å². The lowest BCUT2D eigenvalue weighted by Crippen LogP contribution is -2.16. The zero-order valence-corrected chi connectivity index (χ0v) is 11.2. The van der Waals surface area contributed by atoms with Gasteiger partial charge in [0.05, 0.1) is 11.1 Å². The number of hydrogen-bond acceptors (Lipinski definition) is 3. The van der Waals surface area contributed by atoms with Crippen molar-refractivity contribution in [3.63, 3.8) is 0 Å². The number of aromatic nitrogens is 1. The summed E-state index contributed by atoms with van der Waals surface area (Å²) < 4.78 is 1.76. The van der Waals surface area contributed by atoms with E-state index in [-0.39, 0.29) is 5.69 Å². The lowest BCUT2D eigenvalue weighted by Gasteiger charge is -2.26. The van der Waals surface area contributed by atoms with Crippen molar-refractivity contribution in [1.82, 2.24) is 4.57 Å². The highest BCUT2D eigenvalue weighted by Gasteiger charge is 2.19. The van der Waals surface area contributed by atoms with Gasteiger partial charge in [0.1, 0.15) is 0 Å². The standard InChI is InChI=1S/C14H20N2O3/c1-11-3-2-4-12(9-11)5-7-15-8-6-14(17)13(10-15)16(18)19/h6,8,10-12H,2-5,7,9H2,1H3/t11-,12+/m0/s1. The molecular weight excluding hydrogens is 244 g/mol. The van der Waals surface area contributed by atoms with E-state index in [0.717, 1.165) is 18.9 Å². The molecule has 1 heterocycles. The van der Waals surface area contributed by atoms with Gasteiger partial charge in [-0.25, -0.2) is 0 Å². The van der Waals surface area contributed by atoms with Gasteiger partial charge in [0.15, 0.2) is 0 Å². The molecule has 0 N–H and O–H groups in total. The molecule has 0 saturated heterocycles. The molecule has 1 aliphatic carbocycles. The SMILES string of the molecule is C[C@H]1CCC[C@H](CCn2ccc(=O)c([N+](=O)[O-])c2)C1. The molecular formula is C14H20N2O3. The first kappa shape index (κ1) is 13.8. The van der Waals surface area contributed by atoms with E-state index in [4.69, 9.17) is 0 Å². The zero-order chi connectivity index (χ0) is 13.8. The molecule has 1 aromatic rings. The van der Waals surface area contributed by atoms with Gasteiger partial charge in [0, 0.05) is 18.8 Å². The molecule has 1 aliphatic rings. The van der Waals surface area contributed by atoms with E-state index in [2.05, 4.69) is 6.92 Å². The fourth-order valence-corrected chi connectivity index (χ4v) is 2.94. The summed E-state index contributed by atoms with van der Waals surface area (Å²) >= 11 is 0. The van der Waals surface area contributed by atoms with Crippen molar-refractivity contribution in [3.8, 4) is 0 Å². The Morgan fingerprint density at radius 3 is 2.95 bits per heavy atom. The Hall–Kier alpha value is -1.65. The van der Waals surface area contributed by atoms with Gasteiger partial charge in [0.2, 0.25) is 0 Å². The molecule has 1 fully saturated rings. The van der Waals surface area contributed by atoms with Crippen LogP contribution in [0.15, 0.2) is 23.3 Å². The Bertz CT molecular complexity index is 510. The molecule has 2 atom stereocenters. The van der Waals surface area contributed by atoms with Crippen molar-refractivity contribution >= 4 is 5.69 Å². The van der Waals surface area contributed by atoms with Gasteiger partial charge < -0.3 is 4.57 Å². The third-order valence-electron chi connectivity index (χ3n) is 4.00. The van der Waals surface area contributed by atoms with E-state index in [1.165, 1.54) is 37.9 Å². The molecule has 0 radical (unpaired) electrons. The second-order valence-electron chi connectivity index (χ2n) is 5.62. The second-order valence-corrected chi connectivity index (χ2v) is 5.62. The largest absolute Gasteiger partial charge is 0.348 e. The van der Waals surface area contributed by atoms with Crippen LogP contribution >= 0.6 is 0 Å². The van der Waals surface area contributed by atoms with Crippen LogP contribution in [0.1, 0.15) is 39.0 Å². The van der Waals surface area contributed by atoms with Gasteiger partial charge in [-0.1, -0.05) is 26.2 Å². The highest BCUT2D eigenvalue weighted by molar-refractivity contribution is 5.25. The third-order valence-corrected chi connectivity index (χ3v) is 4.00. The quantitative estimate of drug-likeness (QED) is 0.620. The van der Waals surface area contributed by atoms with Crippen molar-refractivity contribution in [2.24, 2.45) is 11.8 Å². The van der Waals surface area contributed by atoms with E-state index in [1.54, 1.807) is 10.8 Å². The monoisotopic (exact) mass is 264 g/mol. The summed E-state index contributed by atoms with van der Waals surface area (Å²) in [5, 5.41) is 10.7. The minimum atomic E-state index is -0.610. The minimum absolute atomic E-state index is 0.334. The van der Waals surface area contributed by atoms with Crippen LogP contribution in [0.3, 0.4) is 0 Å². The average Bonchev–Trinajstić information content (AvgIpc) is 2.37. The Balaban J connectivity index is 1.98. The molecule has 0 spiro atoms. The molecule has 0 aliphatic heterocycles. The van der Waals surface area contributed by atoms with E-state index < -0.39 is 10.4 Å².